The number of ether oxygens (including phenoxy) is 1. The Morgan fingerprint density at radius 1 is 0.957 bits per heavy atom. The molecular weight excluding hydrogens is 308 g/mol. The van der Waals surface area contributed by atoms with Crippen molar-refractivity contribution in [2.24, 2.45) is 0 Å². The monoisotopic (exact) mass is 324 g/mol. The van der Waals surface area contributed by atoms with E-state index in [-0.39, 0.29) is 6.23 Å². The Morgan fingerprint density at radius 3 is 2.61 bits per heavy atom. The lowest BCUT2D eigenvalue weighted by atomic mass is 10.2. The Hall–Kier alpha value is -2.23. The van der Waals surface area contributed by atoms with Gasteiger partial charge in [0.25, 0.3) is 0 Å². The van der Waals surface area contributed by atoms with Crippen LogP contribution in [-0.2, 0) is 4.74 Å². The molecule has 0 saturated carbocycles. The molecule has 4 rings (SSSR count). The second kappa shape index (κ2) is 6.11. The molecule has 2 heterocycles. The molecule has 1 aliphatic heterocycles. The minimum Gasteiger partial charge on any atom is -0.352 e. The van der Waals surface area contributed by atoms with E-state index in [4.69, 9.17) is 16.3 Å². The van der Waals surface area contributed by atoms with Gasteiger partial charge in [-0.15, -0.1) is 0 Å². The third-order valence-electron chi connectivity index (χ3n) is 4.09. The zero-order valence-electron chi connectivity index (χ0n) is 12.6. The molecule has 0 bridgehead atoms. The van der Waals surface area contributed by atoms with Crippen molar-refractivity contribution in [3.05, 3.63) is 83.6 Å². The number of para-hydroxylation sites is 1. The number of halogens is 1. The number of aromatic nitrogens is 1. The average Bonchev–Trinajstić information content (AvgIpc) is 3.25. The van der Waals surface area contributed by atoms with Crippen LogP contribution in [0.1, 0.15) is 11.8 Å². The normalized spacial score (nSPS) is 17.6. The maximum Gasteiger partial charge on any atom is 0.158 e. The molecule has 3 aromatic rings. The summed E-state index contributed by atoms with van der Waals surface area (Å²) in [6.07, 6.45) is 4.11. The maximum absolute atomic E-state index is 6.09. The van der Waals surface area contributed by atoms with Crippen molar-refractivity contribution in [2.75, 3.05) is 18.1 Å². The average molecular weight is 325 g/mol. The van der Waals surface area contributed by atoms with Crippen LogP contribution in [0, 0.1) is 0 Å². The number of hydrogen-bond acceptors (Lipinski definition) is 2. The lowest BCUT2D eigenvalue weighted by Crippen LogP contribution is -2.22. The summed E-state index contributed by atoms with van der Waals surface area (Å²) < 4.78 is 8.04. The number of benzene rings is 2. The predicted molar refractivity (Wildman–Crippen MR) is 93.3 cm³/mol. The van der Waals surface area contributed by atoms with Gasteiger partial charge in [0.2, 0.25) is 0 Å². The second-order valence-electron chi connectivity index (χ2n) is 5.58. The first kappa shape index (κ1) is 14.4. The van der Waals surface area contributed by atoms with Crippen LogP contribution in [0.2, 0.25) is 5.02 Å². The molecule has 1 aliphatic rings. The van der Waals surface area contributed by atoms with E-state index in [2.05, 4.69) is 46.0 Å². The largest absolute Gasteiger partial charge is 0.352 e. The third-order valence-corrected chi connectivity index (χ3v) is 4.32. The molecule has 2 aromatic carbocycles. The Labute approximate surface area is 140 Å². The molecule has 0 spiro atoms. The zero-order valence-corrected chi connectivity index (χ0v) is 13.4. The second-order valence-corrected chi connectivity index (χ2v) is 6.02. The van der Waals surface area contributed by atoms with Crippen molar-refractivity contribution < 1.29 is 4.74 Å². The summed E-state index contributed by atoms with van der Waals surface area (Å²) in [7, 11) is 0. The third kappa shape index (κ3) is 2.85. The summed E-state index contributed by atoms with van der Waals surface area (Å²) in [5.41, 5.74) is 3.38. The van der Waals surface area contributed by atoms with Gasteiger partial charge in [-0.05, 0) is 36.4 Å². The van der Waals surface area contributed by atoms with Gasteiger partial charge in [-0.1, -0.05) is 35.9 Å². The summed E-state index contributed by atoms with van der Waals surface area (Å²) in [6.45, 7) is 1.64. The van der Waals surface area contributed by atoms with Crippen LogP contribution in [0.4, 0.5) is 5.69 Å². The Morgan fingerprint density at radius 2 is 1.78 bits per heavy atom. The highest BCUT2D eigenvalue weighted by atomic mass is 35.5. The van der Waals surface area contributed by atoms with Crippen LogP contribution in [0.15, 0.2) is 73.1 Å². The lowest BCUT2D eigenvalue weighted by Gasteiger charge is -2.24. The number of rotatable bonds is 3. The summed E-state index contributed by atoms with van der Waals surface area (Å²) in [4.78, 5) is 2.29. The Balaban J connectivity index is 1.63. The van der Waals surface area contributed by atoms with Gasteiger partial charge in [-0.3, -0.25) is 0 Å². The molecule has 3 nitrogen and oxygen atoms in total. The van der Waals surface area contributed by atoms with E-state index >= 15 is 0 Å². The van der Waals surface area contributed by atoms with Crippen molar-refractivity contribution in [3.63, 3.8) is 0 Å². The van der Waals surface area contributed by atoms with Crippen LogP contribution in [0.25, 0.3) is 5.69 Å². The summed E-state index contributed by atoms with van der Waals surface area (Å²) >= 11 is 6.09. The number of nitrogens with zero attached hydrogens (tertiary/aromatic N) is 2. The lowest BCUT2D eigenvalue weighted by molar-refractivity contribution is 0.114. The number of hydrogen-bond donors (Lipinski definition) is 0. The highest BCUT2D eigenvalue weighted by Gasteiger charge is 2.27. The maximum atomic E-state index is 6.09. The highest BCUT2D eigenvalue weighted by Crippen LogP contribution is 2.32. The van der Waals surface area contributed by atoms with E-state index in [0.29, 0.717) is 0 Å². The van der Waals surface area contributed by atoms with Gasteiger partial charge in [0, 0.05) is 40.9 Å². The molecule has 0 radical (unpaired) electrons. The quantitative estimate of drug-likeness (QED) is 0.696. The first-order valence-electron chi connectivity index (χ1n) is 7.68. The SMILES string of the molecule is Clc1cccc(-n2ccc(C3OCCN3c3ccccc3)c2)c1. The van der Waals surface area contributed by atoms with Gasteiger partial charge in [0.15, 0.2) is 6.23 Å². The van der Waals surface area contributed by atoms with Crippen LogP contribution < -0.4 is 4.90 Å². The van der Waals surface area contributed by atoms with Gasteiger partial charge in [-0.25, -0.2) is 0 Å². The van der Waals surface area contributed by atoms with Gasteiger partial charge in [0.05, 0.1) is 6.61 Å². The minimum absolute atomic E-state index is 0.0437. The standard InChI is InChI=1S/C19H17ClN2O/c20-16-5-4-8-18(13-16)21-10-9-15(14-21)19-22(11-12-23-19)17-6-2-1-3-7-17/h1-10,13-14,19H,11-12H2. The van der Waals surface area contributed by atoms with Gasteiger partial charge >= 0.3 is 0 Å². The van der Waals surface area contributed by atoms with Crippen LogP contribution in [-0.4, -0.2) is 17.7 Å². The van der Waals surface area contributed by atoms with Crippen molar-refractivity contribution in [1.29, 1.82) is 0 Å². The Kier molecular flexibility index (Phi) is 3.82. The van der Waals surface area contributed by atoms with Crippen LogP contribution >= 0.6 is 11.6 Å². The topological polar surface area (TPSA) is 17.4 Å². The molecule has 1 saturated heterocycles. The smallest absolute Gasteiger partial charge is 0.158 e. The fourth-order valence-corrected chi connectivity index (χ4v) is 3.17. The van der Waals surface area contributed by atoms with Crippen molar-refractivity contribution in [1.82, 2.24) is 4.57 Å². The van der Waals surface area contributed by atoms with Crippen molar-refractivity contribution in [2.45, 2.75) is 6.23 Å². The molecular formula is C19H17ClN2O. The molecule has 0 aliphatic carbocycles. The zero-order chi connectivity index (χ0) is 15.6. The minimum atomic E-state index is -0.0437. The van der Waals surface area contributed by atoms with E-state index < -0.39 is 0 Å². The van der Waals surface area contributed by atoms with Gasteiger partial charge < -0.3 is 14.2 Å². The molecule has 23 heavy (non-hydrogen) atoms. The van der Waals surface area contributed by atoms with E-state index in [1.165, 1.54) is 5.69 Å². The van der Waals surface area contributed by atoms with Gasteiger partial charge in [-0.2, -0.15) is 0 Å². The van der Waals surface area contributed by atoms with Crippen molar-refractivity contribution in [3.8, 4) is 5.69 Å². The molecule has 1 atom stereocenters. The highest BCUT2D eigenvalue weighted by molar-refractivity contribution is 6.30. The fraction of sp³-hybridized carbons (Fsp3) is 0.158. The van der Waals surface area contributed by atoms with Crippen LogP contribution in [0.3, 0.4) is 0 Å². The molecule has 1 fully saturated rings. The first-order valence-corrected chi connectivity index (χ1v) is 8.06. The molecule has 1 aromatic heterocycles. The van der Waals surface area contributed by atoms with E-state index in [0.717, 1.165) is 29.4 Å². The van der Waals surface area contributed by atoms with E-state index in [1.54, 1.807) is 0 Å². The van der Waals surface area contributed by atoms with E-state index in [9.17, 15) is 0 Å². The summed E-state index contributed by atoms with van der Waals surface area (Å²) in [5.74, 6) is 0. The molecule has 116 valence electrons. The first-order chi connectivity index (χ1) is 11.3. The summed E-state index contributed by atoms with van der Waals surface area (Å²) in [6, 6.07) is 20.3. The molecule has 0 N–H and O–H groups in total. The van der Waals surface area contributed by atoms with Crippen LogP contribution in [0.5, 0.6) is 0 Å². The van der Waals surface area contributed by atoms with E-state index in [1.807, 2.05) is 36.5 Å². The van der Waals surface area contributed by atoms with Gasteiger partial charge in [0.1, 0.15) is 0 Å². The number of anilines is 1. The fourth-order valence-electron chi connectivity index (χ4n) is 2.99. The predicted octanol–water partition coefficient (Wildman–Crippen LogP) is 4.67. The molecule has 0 amide bonds. The Bertz CT molecular complexity index is 800. The molecule has 4 heteroatoms. The van der Waals surface area contributed by atoms with Crippen molar-refractivity contribution >= 4 is 17.3 Å². The molecule has 1 unspecified atom stereocenters. The summed E-state index contributed by atoms with van der Waals surface area (Å²) in [5, 5.41) is 0.737.